The van der Waals surface area contributed by atoms with Crippen molar-refractivity contribution in [2.45, 2.75) is 12.7 Å². The molecule has 0 unspecified atom stereocenters. The summed E-state index contributed by atoms with van der Waals surface area (Å²) in [7, 11) is 0. The lowest BCUT2D eigenvalue weighted by Gasteiger charge is -2.30. The number of benzene rings is 2. The lowest BCUT2D eigenvalue weighted by Crippen LogP contribution is -2.38. The van der Waals surface area contributed by atoms with Gasteiger partial charge in [0.05, 0.1) is 18.0 Å². The molecule has 1 aliphatic heterocycles. The number of ether oxygens (including phenoxy) is 1. The van der Waals surface area contributed by atoms with E-state index in [-0.39, 0.29) is 5.91 Å². The van der Waals surface area contributed by atoms with Crippen molar-refractivity contribution < 1.29 is 9.53 Å². The highest BCUT2D eigenvalue weighted by atomic mass is 32.2. The van der Waals surface area contributed by atoms with Crippen LogP contribution in [0.4, 0.5) is 11.4 Å². The smallest absolute Gasteiger partial charge is 0.269 e. The van der Waals surface area contributed by atoms with Gasteiger partial charge < -0.3 is 4.74 Å². The zero-order valence-corrected chi connectivity index (χ0v) is 16.2. The Hall–Kier alpha value is -3.12. The minimum atomic E-state index is -0.203. The van der Waals surface area contributed by atoms with Crippen LogP contribution in [-0.2, 0) is 5.75 Å². The van der Waals surface area contributed by atoms with Crippen molar-refractivity contribution in [2.24, 2.45) is 4.99 Å². The van der Waals surface area contributed by atoms with E-state index >= 15 is 0 Å². The van der Waals surface area contributed by atoms with Crippen LogP contribution in [0.25, 0.3) is 0 Å². The second kappa shape index (κ2) is 8.27. The van der Waals surface area contributed by atoms with Crippen LogP contribution < -0.4 is 9.64 Å². The molecule has 0 N–H and O–H groups in total. The van der Waals surface area contributed by atoms with Gasteiger partial charge in [-0.2, -0.15) is 0 Å². The van der Waals surface area contributed by atoms with Gasteiger partial charge in [0.2, 0.25) is 5.88 Å². The van der Waals surface area contributed by atoms with Gasteiger partial charge >= 0.3 is 0 Å². The molecular weight excluding hydrogens is 370 g/mol. The molecule has 1 aromatic heterocycles. The summed E-state index contributed by atoms with van der Waals surface area (Å²) >= 11 is 1.54. The highest BCUT2D eigenvalue weighted by molar-refractivity contribution is 8.13. The van der Waals surface area contributed by atoms with Crippen molar-refractivity contribution in [1.82, 2.24) is 4.98 Å². The van der Waals surface area contributed by atoms with Crippen molar-refractivity contribution in [2.75, 3.05) is 11.5 Å². The van der Waals surface area contributed by atoms with Crippen LogP contribution in [0.3, 0.4) is 0 Å². The third kappa shape index (κ3) is 3.64. The number of nitrogens with zero attached hydrogens (tertiary/aromatic N) is 3. The minimum absolute atomic E-state index is 0.203. The maximum absolute atomic E-state index is 13.6. The summed E-state index contributed by atoms with van der Waals surface area (Å²) in [5, 5.41) is 0.640. The number of para-hydroxylation sites is 2. The number of hydrogen-bond acceptors (Lipinski definition) is 5. The Morgan fingerprint density at radius 1 is 1.11 bits per heavy atom. The Bertz CT molecular complexity index is 1020. The van der Waals surface area contributed by atoms with Gasteiger partial charge in [0.25, 0.3) is 5.91 Å². The first-order valence-corrected chi connectivity index (χ1v) is 10.0. The molecular formula is C22H19N3O2S. The van der Waals surface area contributed by atoms with E-state index in [1.54, 1.807) is 35.0 Å². The van der Waals surface area contributed by atoms with Gasteiger partial charge in [-0.25, -0.2) is 9.98 Å². The highest BCUT2D eigenvalue weighted by Crippen LogP contribution is 2.36. The predicted molar refractivity (Wildman–Crippen MR) is 113 cm³/mol. The van der Waals surface area contributed by atoms with E-state index in [9.17, 15) is 4.79 Å². The molecule has 0 aliphatic carbocycles. The molecule has 0 saturated carbocycles. The van der Waals surface area contributed by atoms with Crippen molar-refractivity contribution in [3.8, 4) is 5.88 Å². The molecule has 0 atom stereocenters. The van der Waals surface area contributed by atoms with Gasteiger partial charge in [0.1, 0.15) is 5.56 Å². The summed E-state index contributed by atoms with van der Waals surface area (Å²) in [6.07, 6.45) is 1.62. The topological polar surface area (TPSA) is 54.8 Å². The maximum atomic E-state index is 13.6. The largest absolute Gasteiger partial charge is 0.477 e. The molecule has 0 fully saturated rings. The SMILES string of the molecule is CCOc1ncccc1C(=O)N1C(=Nc2ccccc2)SCc2ccccc21. The monoisotopic (exact) mass is 389 g/mol. The number of carbonyl (C=O) groups excluding carboxylic acids is 1. The third-order valence-corrected chi connectivity index (χ3v) is 5.23. The van der Waals surface area contributed by atoms with Crippen LogP contribution in [-0.4, -0.2) is 22.7 Å². The number of anilines is 1. The Morgan fingerprint density at radius 3 is 2.71 bits per heavy atom. The quantitative estimate of drug-likeness (QED) is 0.626. The van der Waals surface area contributed by atoms with Crippen molar-refractivity contribution >= 4 is 34.2 Å². The van der Waals surface area contributed by atoms with Gasteiger partial charge in [-0.15, -0.1) is 0 Å². The second-order valence-electron chi connectivity index (χ2n) is 6.08. The van der Waals surface area contributed by atoms with Gasteiger partial charge in [0.15, 0.2) is 5.17 Å². The average molecular weight is 389 g/mol. The molecule has 0 bridgehead atoms. The summed E-state index contributed by atoms with van der Waals surface area (Å²) in [5.41, 5.74) is 3.16. The Labute approximate surface area is 168 Å². The zero-order chi connectivity index (χ0) is 19.3. The van der Waals surface area contributed by atoms with Crippen molar-refractivity contribution in [3.05, 3.63) is 84.1 Å². The summed E-state index contributed by atoms with van der Waals surface area (Å²) in [5.74, 6) is 0.893. The number of aliphatic imine (C=N–C) groups is 1. The summed E-state index contributed by atoms with van der Waals surface area (Å²) in [6, 6.07) is 21.0. The molecule has 140 valence electrons. The number of rotatable bonds is 4. The van der Waals surface area contributed by atoms with E-state index in [1.807, 2.05) is 61.5 Å². The van der Waals surface area contributed by atoms with Crippen LogP contribution in [0.1, 0.15) is 22.8 Å². The fourth-order valence-corrected chi connectivity index (χ4v) is 3.99. The summed E-state index contributed by atoms with van der Waals surface area (Å²) < 4.78 is 5.59. The van der Waals surface area contributed by atoms with Gasteiger partial charge in [-0.1, -0.05) is 48.2 Å². The van der Waals surface area contributed by atoms with Crippen LogP contribution in [0.2, 0.25) is 0 Å². The van der Waals surface area contributed by atoms with Crippen LogP contribution in [0.5, 0.6) is 5.88 Å². The molecule has 3 aromatic rings. The van der Waals surface area contributed by atoms with E-state index in [1.165, 1.54) is 0 Å². The summed E-state index contributed by atoms with van der Waals surface area (Å²) in [6.45, 7) is 2.31. The van der Waals surface area contributed by atoms with Crippen molar-refractivity contribution in [1.29, 1.82) is 0 Å². The second-order valence-corrected chi connectivity index (χ2v) is 7.02. The molecule has 6 heteroatoms. The Kier molecular flexibility index (Phi) is 5.39. The van der Waals surface area contributed by atoms with E-state index in [0.717, 1.165) is 22.7 Å². The standard InChI is InChI=1S/C22H19N3O2S/c1-2-27-20-18(12-8-14-23-20)21(26)25-19-13-7-6-9-16(19)15-28-22(25)24-17-10-4-3-5-11-17/h3-14H,2,15H2,1H3. The minimum Gasteiger partial charge on any atom is -0.477 e. The molecule has 2 heterocycles. The predicted octanol–water partition coefficient (Wildman–Crippen LogP) is 5.06. The maximum Gasteiger partial charge on any atom is 0.269 e. The number of amidine groups is 1. The molecule has 0 radical (unpaired) electrons. The lowest BCUT2D eigenvalue weighted by atomic mass is 10.1. The van der Waals surface area contributed by atoms with Gasteiger partial charge in [0, 0.05) is 11.9 Å². The molecule has 1 amide bonds. The van der Waals surface area contributed by atoms with Crippen LogP contribution in [0, 0.1) is 0 Å². The van der Waals surface area contributed by atoms with Gasteiger partial charge in [-0.05, 0) is 42.8 Å². The number of aromatic nitrogens is 1. The van der Waals surface area contributed by atoms with E-state index in [4.69, 9.17) is 9.73 Å². The molecule has 5 nitrogen and oxygen atoms in total. The number of carbonyl (C=O) groups is 1. The summed E-state index contributed by atoms with van der Waals surface area (Å²) in [4.78, 5) is 24.2. The number of amides is 1. The Morgan fingerprint density at radius 2 is 1.89 bits per heavy atom. The number of pyridine rings is 1. The number of thioether (sulfide) groups is 1. The molecule has 4 rings (SSSR count). The third-order valence-electron chi connectivity index (χ3n) is 4.25. The fraction of sp³-hybridized carbons (Fsp3) is 0.136. The molecule has 0 spiro atoms. The number of fused-ring (bicyclic) bond motifs is 1. The molecule has 2 aromatic carbocycles. The first kappa shape index (κ1) is 18.3. The average Bonchev–Trinajstić information content (AvgIpc) is 2.74. The molecule has 0 saturated heterocycles. The fourth-order valence-electron chi connectivity index (χ4n) is 2.98. The van der Waals surface area contributed by atoms with Gasteiger partial charge in [-0.3, -0.25) is 9.69 Å². The molecule has 1 aliphatic rings. The van der Waals surface area contributed by atoms with E-state index in [0.29, 0.717) is 23.2 Å². The molecule has 28 heavy (non-hydrogen) atoms. The zero-order valence-electron chi connectivity index (χ0n) is 15.4. The van der Waals surface area contributed by atoms with Crippen LogP contribution >= 0.6 is 11.8 Å². The van der Waals surface area contributed by atoms with E-state index in [2.05, 4.69) is 4.98 Å². The van der Waals surface area contributed by atoms with Crippen molar-refractivity contribution in [3.63, 3.8) is 0 Å². The number of hydrogen-bond donors (Lipinski definition) is 0. The van der Waals surface area contributed by atoms with E-state index < -0.39 is 0 Å². The first-order chi connectivity index (χ1) is 13.8. The highest BCUT2D eigenvalue weighted by Gasteiger charge is 2.31. The first-order valence-electron chi connectivity index (χ1n) is 9.04. The lowest BCUT2D eigenvalue weighted by molar-refractivity contribution is 0.0998. The normalized spacial score (nSPS) is 14.6. The Balaban J connectivity index is 1.82. The van der Waals surface area contributed by atoms with Crippen LogP contribution in [0.15, 0.2) is 77.9 Å².